The quantitative estimate of drug-likeness (QED) is 0.805. The Morgan fingerprint density at radius 2 is 1.29 bits per heavy atom. The van der Waals surface area contributed by atoms with Gasteiger partial charge in [0.05, 0.1) is 0 Å². The van der Waals surface area contributed by atoms with Gasteiger partial charge in [-0.1, -0.05) is 61.2 Å². The lowest BCUT2D eigenvalue weighted by atomic mass is 9.65. The van der Waals surface area contributed by atoms with Gasteiger partial charge in [0.1, 0.15) is 0 Å². The Morgan fingerprint density at radius 1 is 0.762 bits per heavy atom. The summed E-state index contributed by atoms with van der Waals surface area (Å²) in [5.74, 6) is 0. The van der Waals surface area contributed by atoms with Crippen LogP contribution in [-0.4, -0.2) is 7.05 Å². The summed E-state index contributed by atoms with van der Waals surface area (Å²) in [6.45, 7) is 2.17. The fraction of sp³-hybridized carbons (Fsp3) is 0.400. The van der Waals surface area contributed by atoms with Gasteiger partial charge in [0.2, 0.25) is 0 Å². The van der Waals surface area contributed by atoms with Crippen LogP contribution in [0.25, 0.3) is 0 Å². The summed E-state index contributed by atoms with van der Waals surface area (Å²) in [6, 6.07) is 18.2. The Hall–Kier alpha value is -1.76. The monoisotopic (exact) mass is 279 g/mol. The molecule has 1 saturated carbocycles. The lowest BCUT2D eigenvalue weighted by Crippen LogP contribution is -2.30. The summed E-state index contributed by atoms with van der Waals surface area (Å²) < 4.78 is 0. The molecular weight excluding hydrogens is 254 g/mol. The number of nitrogens with one attached hydrogen (secondary N) is 1. The largest absolute Gasteiger partial charge is 0.388 e. The van der Waals surface area contributed by atoms with E-state index in [-0.39, 0.29) is 5.41 Å². The van der Waals surface area contributed by atoms with Gasteiger partial charge in [-0.3, -0.25) is 0 Å². The molecule has 1 aliphatic rings. The molecule has 0 atom stereocenters. The smallest absolute Gasteiger partial charge is 0.0337 e. The number of hydrogen-bond donors (Lipinski definition) is 1. The van der Waals surface area contributed by atoms with Gasteiger partial charge in [0.25, 0.3) is 0 Å². The maximum Gasteiger partial charge on any atom is 0.0337 e. The van der Waals surface area contributed by atoms with Gasteiger partial charge < -0.3 is 5.32 Å². The minimum Gasteiger partial charge on any atom is -0.388 e. The van der Waals surface area contributed by atoms with Crippen molar-refractivity contribution in [2.45, 2.75) is 44.4 Å². The topological polar surface area (TPSA) is 12.0 Å². The van der Waals surface area contributed by atoms with Crippen molar-refractivity contribution in [1.82, 2.24) is 0 Å². The van der Waals surface area contributed by atoms with Crippen molar-refractivity contribution in [3.8, 4) is 0 Å². The summed E-state index contributed by atoms with van der Waals surface area (Å²) in [5.41, 5.74) is 5.72. The van der Waals surface area contributed by atoms with Gasteiger partial charge in [-0.05, 0) is 43.0 Å². The molecule has 1 N–H and O–H groups in total. The molecule has 0 unspecified atom stereocenters. The third-order valence-corrected chi connectivity index (χ3v) is 5.04. The maximum atomic E-state index is 3.22. The predicted octanol–water partition coefficient (Wildman–Crippen LogP) is 5.29. The number of anilines is 1. The van der Waals surface area contributed by atoms with Crippen molar-refractivity contribution in [3.05, 3.63) is 65.2 Å². The second kappa shape index (κ2) is 5.93. The highest BCUT2D eigenvalue weighted by molar-refractivity contribution is 5.48. The molecule has 1 aliphatic carbocycles. The van der Waals surface area contributed by atoms with E-state index < -0.39 is 0 Å². The first kappa shape index (κ1) is 14.2. The molecule has 0 heterocycles. The molecule has 1 heteroatoms. The molecule has 0 amide bonds. The minimum atomic E-state index is 0.220. The predicted molar refractivity (Wildman–Crippen MR) is 91.0 cm³/mol. The van der Waals surface area contributed by atoms with Gasteiger partial charge in [-0.2, -0.15) is 0 Å². The average molecular weight is 279 g/mol. The van der Waals surface area contributed by atoms with Crippen LogP contribution in [0.2, 0.25) is 0 Å². The summed E-state index contributed by atoms with van der Waals surface area (Å²) in [7, 11) is 1.98. The third kappa shape index (κ3) is 2.70. The van der Waals surface area contributed by atoms with E-state index in [4.69, 9.17) is 0 Å². The number of benzene rings is 2. The van der Waals surface area contributed by atoms with Gasteiger partial charge in [0, 0.05) is 18.2 Å². The lowest BCUT2D eigenvalue weighted by molar-refractivity contribution is 0.346. The summed E-state index contributed by atoms with van der Waals surface area (Å²) in [6.07, 6.45) is 6.59. The Bertz CT molecular complexity index is 574. The van der Waals surface area contributed by atoms with Crippen LogP contribution in [0.3, 0.4) is 0 Å². The van der Waals surface area contributed by atoms with Gasteiger partial charge >= 0.3 is 0 Å². The van der Waals surface area contributed by atoms with Crippen LogP contribution < -0.4 is 5.32 Å². The summed E-state index contributed by atoms with van der Waals surface area (Å²) in [5, 5.41) is 3.22. The second-order valence-electron chi connectivity index (χ2n) is 6.34. The fourth-order valence-electron chi connectivity index (χ4n) is 3.73. The van der Waals surface area contributed by atoms with Crippen molar-refractivity contribution >= 4 is 5.69 Å². The van der Waals surface area contributed by atoms with E-state index >= 15 is 0 Å². The van der Waals surface area contributed by atoms with Crippen LogP contribution in [0.4, 0.5) is 5.69 Å². The van der Waals surface area contributed by atoms with Crippen LogP contribution in [0, 0.1) is 6.92 Å². The van der Waals surface area contributed by atoms with Crippen LogP contribution in [0.15, 0.2) is 48.5 Å². The molecular formula is C20H25N. The first-order chi connectivity index (χ1) is 10.2. The third-order valence-electron chi connectivity index (χ3n) is 5.04. The highest BCUT2D eigenvalue weighted by Gasteiger charge is 2.35. The molecule has 110 valence electrons. The number of rotatable bonds is 3. The summed E-state index contributed by atoms with van der Waals surface area (Å²) in [4.78, 5) is 0. The van der Waals surface area contributed by atoms with E-state index in [1.165, 1.54) is 54.5 Å². The van der Waals surface area contributed by atoms with Crippen molar-refractivity contribution in [1.29, 1.82) is 0 Å². The molecule has 2 aromatic carbocycles. The van der Waals surface area contributed by atoms with E-state index in [2.05, 4.69) is 60.8 Å². The molecule has 0 radical (unpaired) electrons. The Kier molecular flexibility index (Phi) is 4.01. The molecule has 3 rings (SSSR count). The van der Waals surface area contributed by atoms with Crippen molar-refractivity contribution in [2.75, 3.05) is 12.4 Å². The van der Waals surface area contributed by atoms with Crippen LogP contribution in [0.5, 0.6) is 0 Å². The van der Waals surface area contributed by atoms with Gasteiger partial charge in [-0.25, -0.2) is 0 Å². The molecule has 0 aliphatic heterocycles. The summed E-state index contributed by atoms with van der Waals surface area (Å²) >= 11 is 0. The highest BCUT2D eigenvalue weighted by Crippen LogP contribution is 2.45. The molecule has 1 fully saturated rings. The van der Waals surface area contributed by atoms with Crippen LogP contribution >= 0.6 is 0 Å². The Balaban J connectivity index is 2.05. The zero-order valence-corrected chi connectivity index (χ0v) is 13.2. The molecule has 2 aromatic rings. The molecule has 0 spiro atoms. The first-order valence-corrected chi connectivity index (χ1v) is 8.10. The zero-order chi connectivity index (χ0) is 14.7. The second-order valence-corrected chi connectivity index (χ2v) is 6.34. The Morgan fingerprint density at radius 3 is 1.81 bits per heavy atom. The normalized spacial score (nSPS) is 17.4. The van der Waals surface area contributed by atoms with E-state index in [9.17, 15) is 0 Å². The molecule has 1 nitrogen and oxygen atoms in total. The van der Waals surface area contributed by atoms with E-state index in [1.54, 1.807) is 0 Å². The zero-order valence-electron chi connectivity index (χ0n) is 13.2. The van der Waals surface area contributed by atoms with Crippen molar-refractivity contribution in [2.24, 2.45) is 0 Å². The van der Waals surface area contributed by atoms with Gasteiger partial charge in [-0.15, -0.1) is 0 Å². The van der Waals surface area contributed by atoms with Crippen LogP contribution in [-0.2, 0) is 5.41 Å². The SMILES string of the molecule is CNc1ccc(C2(c3ccc(C)cc3)CCCCC2)cc1. The lowest BCUT2D eigenvalue weighted by Gasteiger charge is -2.39. The fourth-order valence-corrected chi connectivity index (χ4v) is 3.73. The van der Waals surface area contributed by atoms with E-state index in [0.29, 0.717) is 0 Å². The van der Waals surface area contributed by atoms with Crippen molar-refractivity contribution < 1.29 is 0 Å². The van der Waals surface area contributed by atoms with E-state index in [1.807, 2.05) is 7.05 Å². The number of aryl methyl sites for hydroxylation is 1. The molecule has 21 heavy (non-hydrogen) atoms. The van der Waals surface area contributed by atoms with Crippen LogP contribution in [0.1, 0.15) is 48.8 Å². The molecule has 0 aromatic heterocycles. The molecule has 0 saturated heterocycles. The maximum absolute atomic E-state index is 3.22. The first-order valence-electron chi connectivity index (χ1n) is 8.10. The standard InChI is InChI=1S/C20H25N/c1-16-6-8-17(9-7-16)20(14-4-3-5-15-20)18-10-12-19(21-2)13-11-18/h6-13,21H,3-5,14-15H2,1-2H3. The minimum absolute atomic E-state index is 0.220. The highest BCUT2D eigenvalue weighted by atomic mass is 14.8. The van der Waals surface area contributed by atoms with Gasteiger partial charge in [0.15, 0.2) is 0 Å². The van der Waals surface area contributed by atoms with E-state index in [0.717, 1.165) is 0 Å². The molecule has 0 bridgehead atoms. The number of hydrogen-bond acceptors (Lipinski definition) is 1. The average Bonchev–Trinajstić information content (AvgIpc) is 2.56. The Labute approximate surface area is 128 Å². The van der Waals surface area contributed by atoms with Crippen molar-refractivity contribution in [3.63, 3.8) is 0 Å².